The second-order valence-electron chi connectivity index (χ2n) is 5.02. The highest BCUT2D eigenvalue weighted by Gasteiger charge is 2.22. The molecule has 1 amide bonds. The van der Waals surface area contributed by atoms with Gasteiger partial charge in [0, 0.05) is 39.1 Å². The summed E-state index contributed by atoms with van der Waals surface area (Å²) in [6.45, 7) is 8.32. The van der Waals surface area contributed by atoms with Crippen LogP contribution in [0.1, 0.15) is 18.4 Å². The number of aryl methyl sites for hydroxylation is 1. The molecule has 106 valence electrons. The standard InChI is InChI=1S/C14H23N3O2/c1-11-3-4-13(19-11)5-6-16-14(18)12(2)17-9-7-15-8-10-17/h3-4,12,15H,5-10H2,1-2H3,(H,16,18). The van der Waals surface area contributed by atoms with Crippen molar-refractivity contribution in [3.05, 3.63) is 23.7 Å². The minimum absolute atomic E-state index is 0.0552. The summed E-state index contributed by atoms with van der Waals surface area (Å²) in [5.41, 5.74) is 0. The maximum atomic E-state index is 12.0. The molecule has 1 aliphatic rings. The van der Waals surface area contributed by atoms with Crippen LogP contribution < -0.4 is 10.6 Å². The summed E-state index contributed by atoms with van der Waals surface area (Å²) in [6.07, 6.45) is 0.744. The number of nitrogens with zero attached hydrogens (tertiary/aromatic N) is 1. The van der Waals surface area contributed by atoms with E-state index in [1.807, 2.05) is 26.0 Å². The van der Waals surface area contributed by atoms with Gasteiger partial charge in [-0.1, -0.05) is 0 Å². The third-order valence-electron chi connectivity index (χ3n) is 3.55. The predicted molar refractivity (Wildman–Crippen MR) is 74.1 cm³/mol. The Labute approximate surface area is 114 Å². The van der Waals surface area contributed by atoms with E-state index in [2.05, 4.69) is 15.5 Å². The first-order valence-corrected chi connectivity index (χ1v) is 6.94. The Bertz CT molecular complexity index is 411. The molecule has 0 saturated carbocycles. The lowest BCUT2D eigenvalue weighted by molar-refractivity contribution is -0.126. The second kappa shape index (κ2) is 6.73. The van der Waals surface area contributed by atoms with Crippen molar-refractivity contribution in [1.29, 1.82) is 0 Å². The molecule has 0 radical (unpaired) electrons. The molecule has 2 N–H and O–H groups in total. The highest BCUT2D eigenvalue weighted by atomic mass is 16.3. The van der Waals surface area contributed by atoms with E-state index in [9.17, 15) is 4.79 Å². The van der Waals surface area contributed by atoms with Crippen molar-refractivity contribution in [2.45, 2.75) is 26.3 Å². The van der Waals surface area contributed by atoms with Gasteiger partial charge in [0.15, 0.2) is 0 Å². The van der Waals surface area contributed by atoms with Gasteiger partial charge < -0.3 is 15.1 Å². The van der Waals surface area contributed by atoms with Crippen molar-refractivity contribution in [2.75, 3.05) is 32.7 Å². The molecule has 2 rings (SSSR count). The number of hydrogen-bond acceptors (Lipinski definition) is 4. The highest BCUT2D eigenvalue weighted by Crippen LogP contribution is 2.06. The van der Waals surface area contributed by atoms with E-state index in [4.69, 9.17) is 4.42 Å². The average Bonchev–Trinajstić information content (AvgIpc) is 2.84. The summed E-state index contributed by atoms with van der Waals surface area (Å²) in [7, 11) is 0. The monoisotopic (exact) mass is 265 g/mol. The van der Waals surface area contributed by atoms with E-state index in [1.54, 1.807) is 0 Å². The quantitative estimate of drug-likeness (QED) is 0.816. The van der Waals surface area contributed by atoms with Crippen LogP contribution in [0, 0.1) is 6.92 Å². The molecule has 1 aromatic heterocycles. The molecule has 1 atom stereocenters. The number of carbonyl (C=O) groups is 1. The van der Waals surface area contributed by atoms with Gasteiger partial charge in [-0.25, -0.2) is 0 Å². The number of rotatable bonds is 5. The Morgan fingerprint density at radius 3 is 2.84 bits per heavy atom. The third kappa shape index (κ3) is 4.08. The first kappa shape index (κ1) is 14.1. The van der Waals surface area contributed by atoms with Crippen molar-refractivity contribution < 1.29 is 9.21 Å². The first-order chi connectivity index (χ1) is 9.16. The zero-order chi connectivity index (χ0) is 13.7. The fraction of sp³-hybridized carbons (Fsp3) is 0.643. The lowest BCUT2D eigenvalue weighted by atomic mass is 10.2. The van der Waals surface area contributed by atoms with Gasteiger partial charge in [0.2, 0.25) is 5.91 Å². The second-order valence-corrected chi connectivity index (χ2v) is 5.02. The predicted octanol–water partition coefficient (Wildman–Crippen LogP) is 0.540. The zero-order valence-corrected chi connectivity index (χ0v) is 11.7. The molecule has 1 aliphatic heterocycles. The van der Waals surface area contributed by atoms with E-state index in [0.717, 1.165) is 44.1 Å². The van der Waals surface area contributed by atoms with Crippen LogP contribution in [-0.4, -0.2) is 49.6 Å². The fourth-order valence-electron chi connectivity index (χ4n) is 2.31. The summed E-state index contributed by atoms with van der Waals surface area (Å²) in [5, 5.41) is 6.27. The van der Waals surface area contributed by atoms with Gasteiger partial charge in [0.05, 0.1) is 6.04 Å². The van der Waals surface area contributed by atoms with E-state index < -0.39 is 0 Å². The summed E-state index contributed by atoms with van der Waals surface area (Å²) in [5.74, 6) is 1.94. The number of hydrogen-bond donors (Lipinski definition) is 2. The van der Waals surface area contributed by atoms with Gasteiger partial charge in [0.1, 0.15) is 11.5 Å². The van der Waals surface area contributed by atoms with Crippen LogP contribution >= 0.6 is 0 Å². The van der Waals surface area contributed by atoms with Crippen LogP contribution in [0.3, 0.4) is 0 Å². The molecule has 2 heterocycles. The van der Waals surface area contributed by atoms with Crippen LogP contribution in [0.5, 0.6) is 0 Å². The van der Waals surface area contributed by atoms with Crippen molar-refractivity contribution in [2.24, 2.45) is 0 Å². The van der Waals surface area contributed by atoms with Crippen molar-refractivity contribution >= 4 is 5.91 Å². The Kier molecular flexibility index (Phi) is 4.99. The normalized spacial score (nSPS) is 18.2. The zero-order valence-electron chi connectivity index (χ0n) is 11.7. The van der Waals surface area contributed by atoms with Crippen molar-refractivity contribution in [1.82, 2.24) is 15.5 Å². The highest BCUT2D eigenvalue weighted by molar-refractivity contribution is 5.81. The Morgan fingerprint density at radius 2 is 2.21 bits per heavy atom. The molecular formula is C14H23N3O2. The fourth-order valence-corrected chi connectivity index (χ4v) is 2.31. The summed E-state index contributed by atoms with van der Waals surface area (Å²) in [4.78, 5) is 14.2. The van der Waals surface area contributed by atoms with E-state index in [1.165, 1.54) is 0 Å². The van der Waals surface area contributed by atoms with E-state index >= 15 is 0 Å². The maximum Gasteiger partial charge on any atom is 0.237 e. The molecule has 0 spiro atoms. The SMILES string of the molecule is Cc1ccc(CCNC(=O)C(C)N2CCNCC2)o1. The van der Waals surface area contributed by atoms with Crippen LogP contribution in [0.15, 0.2) is 16.5 Å². The lowest BCUT2D eigenvalue weighted by Crippen LogP contribution is -2.52. The first-order valence-electron chi connectivity index (χ1n) is 6.94. The molecule has 0 bridgehead atoms. The third-order valence-corrected chi connectivity index (χ3v) is 3.55. The van der Waals surface area contributed by atoms with Crippen LogP contribution in [-0.2, 0) is 11.2 Å². The van der Waals surface area contributed by atoms with Crippen LogP contribution in [0.25, 0.3) is 0 Å². The van der Waals surface area contributed by atoms with Crippen molar-refractivity contribution in [3.8, 4) is 0 Å². The molecule has 19 heavy (non-hydrogen) atoms. The molecule has 1 fully saturated rings. The minimum atomic E-state index is -0.0552. The Balaban J connectivity index is 1.71. The van der Waals surface area contributed by atoms with Gasteiger partial charge in [-0.05, 0) is 26.0 Å². The Morgan fingerprint density at radius 1 is 1.47 bits per heavy atom. The largest absolute Gasteiger partial charge is 0.466 e. The molecule has 1 aromatic rings. The Hall–Kier alpha value is -1.33. The van der Waals surface area contributed by atoms with Crippen molar-refractivity contribution in [3.63, 3.8) is 0 Å². The van der Waals surface area contributed by atoms with E-state index in [0.29, 0.717) is 6.54 Å². The number of nitrogens with one attached hydrogen (secondary N) is 2. The molecule has 5 nitrogen and oxygen atoms in total. The molecular weight excluding hydrogens is 242 g/mol. The van der Waals surface area contributed by atoms with Crippen LogP contribution in [0.4, 0.5) is 0 Å². The summed E-state index contributed by atoms with van der Waals surface area (Å²) in [6, 6.07) is 3.85. The number of carbonyl (C=O) groups excluding carboxylic acids is 1. The lowest BCUT2D eigenvalue weighted by Gasteiger charge is -2.31. The number of piperazine rings is 1. The van der Waals surface area contributed by atoms with Gasteiger partial charge >= 0.3 is 0 Å². The van der Waals surface area contributed by atoms with Gasteiger partial charge in [-0.3, -0.25) is 9.69 Å². The maximum absolute atomic E-state index is 12.0. The smallest absolute Gasteiger partial charge is 0.237 e. The molecule has 5 heteroatoms. The van der Waals surface area contributed by atoms with Crippen LogP contribution in [0.2, 0.25) is 0 Å². The van der Waals surface area contributed by atoms with E-state index in [-0.39, 0.29) is 11.9 Å². The molecule has 0 aliphatic carbocycles. The topological polar surface area (TPSA) is 57.5 Å². The molecule has 1 unspecified atom stereocenters. The van der Waals surface area contributed by atoms with Gasteiger partial charge in [-0.15, -0.1) is 0 Å². The summed E-state index contributed by atoms with van der Waals surface area (Å²) < 4.78 is 5.47. The molecule has 1 saturated heterocycles. The minimum Gasteiger partial charge on any atom is -0.466 e. The number of amides is 1. The summed E-state index contributed by atoms with van der Waals surface area (Å²) >= 11 is 0. The van der Waals surface area contributed by atoms with Gasteiger partial charge in [-0.2, -0.15) is 0 Å². The van der Waals surface area contributed by atoms with Gasteiger partial charge in [0.25, 0.3) is 0 Å². The number of furan rings is 1. The molecule has 0 aromatic carbocycles. The average molecular weight is 265 g/mol.